The Morgan fingerprint density at radius 1 is 1.06 bits per heavy atom. The van der Waals surface area contributed by atoms with Crippen LogP contribution in [0, 0.1) is 10.1 Å². The van der Waals surface area contributed by atoms with Gasteiger partial charge in [-0.2, -0.15) is 5.10 Å². The second kappa shape index (κ2) is 10.8. The number of benzene rings is 3. The van der Waals surface area contributed by atoms with Crippen molar-refractivity contribution < 1.29 is 23.9 Å². The second-order valence-corrected chi connectivity index (χ2v) is 8.20. The average Bonchev–Trinajstić information content (AvgIpc) is 2.83. The number of nitro groups is 1. The van der Waals surface area contributed by atoms with E-state index < -0.39 is 4.92 Å². The van der Waals surface area contributed by atoms with Crippen LogP contribution in [0.3, 0.4) is 0 Å². The molecule has 1 aliphatic heterocycles. The van der Waals surface area contributed by atoms with E-state index in [0.29, 0.717) is 34.9 Å². The van der Waals surface area contributed by atoms with Gasteiger partial charge in [-0.25, -0.2) is 5.43 Å². The fourth-order valence-electron chi connectivity index (χ4n) is 3.19. The minimum atomic E-state index is -0.442. The maximum Gasteiger partial charge on any atom is 0.269 e. The highest BCUT2D eigenvalue weighted by Gasteiger charge is 2.13. The molecular formula is C24H20BrN3O6. The summed E-state index contributed by atoms with van der Waals surface area (Å²) in [5.74, 6) is 1.67. The van der Waals surface area contributed by atoms with Crippen molar-refractivity contribution in [3.8, 4) is 17.2 Å². The number of nitro benzene ring substituents is 1. The van der Waals surface area contributed by atoms with Crippen LogP contribution in [0.25, 0.3) is 0 Å². The number of fused-ring (bicyclic) bond motifs is 1. The molecule has 1 heterocycles. The molecule has 0 aliphatic carbocycles. The fourth-order valence-corrected chi connectivity index (χ4v) is 3.70. The number of halogens is 1. The lowest BCUT2D eigenvalue weighted by atomic mass is 10.1. The lowest BCUT2D eigenvalue weighted by Gasteiger charge is -2.18. The van der Waals surface area contributed by atoms with Crippen LogP contribution < -0.4 is 19.6 Å². The van der Waals surface area contributed by atoms with Gasteiger partial charge in [-0.05, 0) is 75.1 Å². The zero-order chi connectivity index (χ0) is 23.9. The molecule has 0 aromatic heterocycles. The molecule has 9 nitrogen and oxygen atoms in total. The molecular weight excluding hydrogens is 506 g/mol. The summed E-state index contributed by atoms with van der Waals surface area (Å²) in [6.45, 7) is 1.27. The van der Waals surface area contributed by atoms with E-state index in [-0.39, 0.29) is 24.6 Å². The number of hydrazone groups is 1. The van der Waals surface area contributed by atoms with Gasteiger partial charge in [0, 0.05) is 12.1 Å². The Morgan fingerprint density at radius 2 is 1.79 bits per heavy atom. The first-order chi connectivity index (χ1) is 16.5. The first kappa shape index (κ1) is 23.2. The summed E-state index contributed by atoms with van der Waals surface area (Å²) in [7, 11) is 0. The van der Waals surface area contributed by atoms with Gasteiger partial charge in [-0.1, -0.05) is 6.07 Å². The molecule has 3 aromatic carbocycles. The van der Waals surface area contributed by atoms with Gasteiger partial charge >= 0.3 is 0 Å². The van der Waals surface area contributed by atoms with E-state index >= 15 is 0 Å². The Morgan fingerprint density at radius 3 is 2.53 bits per heavy atom. The third-order valence-electron chi connectivity index (χ3n) is 4.87. The van der Waals surface area contributed by atoms with Gasteiger partial charge in [-0.3, -0.25) is 14.9 Å². The van der Waals surface area contributed by atoms with Crippen LogP contribution in [0.4, 0.5) is 5.69 Å². The van der Waals surface area contributed by atoms with E-state index in [0.717, 1.165) is 16.7 Å². The van der Waals surface area contributed by atoms with E-state index in [1.165, 1.54) is 18.3 Å². The maximum absolute atomic E-state index is 12.2. The molecule has 1 aliphatic rings. The number of rotatable bonds is 8. The monoisotopic (exact) mass is 525 g/mol. The third-order valence-corrected chi connectivity index (χ3v) is 5.49. The second-order valence-electron chi connectivity index (χ2n) is 7.35. The predicted molar refractivity (Wildman–Crippen MR) is 128 cm³/mol. The van der Waals surface area contributed by atoms with Crippen molar-refractivity contribution in [2.24, 2.45) is 5.10 Å². The first-order valence-electron chi connectivity index (χ1n) is 10.3. The molecule has 174 valence electrons. The molecule has 0 bridgehead atoms. The Hall–Kier alpha value is -3.92. The van der Waals surface area contributed by atoms with Gasteiger partial charge in [0.25, 0.3) is 5.69 Å². The zero-order valence-electron chi connectivity index (χ0n) is 17.9. The summed E-state index contributed by atoms with van der Waals surface area (Å²) < 4.78 is 17.5. The molecule has 34 heavy (non-hydrogen) atoms. The van der Waals surface area contributed by atoms with Gasteiger partial charge in [0.1, 0.15) is 25.6 Å². The Bertz CT molecular complexity index is 1230. The van der Waals surface area contributed by atoms with E-state index in [1.807, 2.05) is 12.1 Å². The molecule has 0 saturated carbocycles. The number of nitrogens with zero attached hydrogens (tertiary/aromatic N) is 2. The summed E-state index contributed by atoms with van der Waals surface area (Å²) >= 11 is 3.46. The van der Waals surface area contributed by atoms with Crippen LogP contribution in [-0.2, 0) is 17.8 Å². The molecule has 1 N–H and O–H groups in total. The quantitative estimate of drug-likeness (QED) is 0.265. The topological polar surface area (TPSA) is 112 Å². The van der Waals surface area contributed by atoms with Crippen molar-refractivity contribution in [2.45, 2.75) is 13.0 Å². The van der Waals surface area contributed by atoms with Crippen LogP contribution in [0.5, 0.6) is 17.2 Å². The minimum absolute atomic E-state index is 0.0342. The highest BCUT2D eigenvalue weighted by Crippen LogP contribution is 2.31. The molecule has 0 saturated heterocycles. The number of amides is 1. The number of carbonyl (C=O) groups is 1. The molecule has 0 unspecified atom stereocenters. The van der Waals surface area contributed by atoms with Crippen molar-refractivity contribution in [3.63, 3.8) is 0 Å². The Balaban J connectivity index is 1.28. The van der Waals surface area contributed by atoms with Crippen LogP contribution >= 0.6 is 15.9 Å². The van der Waals surface area contributed by atoms with Crippen LogP contribution in [0.15, 0.2) is 70.2 Å². The van der Waals surface area contributed by atoms with E-state index in [9.17, 15) is 14.9 Å². The van der Waals surface area contributed by atoms with Gasteiger partial charge in [0.15, 0.2) is 11.5 Å². The number of nitrogens with one attached hydrogen (secondary N) is 1. The smallest absolute Gasteiger partial charge is 0.269 e. The van der Waals surface area contributed by atoms with Gasteiger partial charge in [0.05, 0.1) is 22.0 Å². The molecule has 10 heteroatoms. The average molecular weight is 526 g/mol. The van der Waals surface area contributed by atoms with Crippen molar-refractivity contribution in [3.05, 3.63) is 91.9 Å². The van der Waals surface area contributed by atoms with Gasteiger partial charge in [0.2, 0.25) is 5.91 Å². The number of hydrogen-bond donors (Lipinski definition) is 1. The molecule has 0 radical (unpaired) electrons. The number of hydrogen-bond acceptors (Lipinski definition) is 7. The van der Waals surface area contributed by atoms with Crippen molar-refractivity contribution in [1.82, 2.24) is 5.43 Å². The summed E-state index contributed by atoms with van der Waals surface area (Å²) in [4.78, 5) is 22.5. The van der Waals surface area contributed by atoms with Crippen molar-refractivity contribution >= 4 is 33.7 Å². The summed E-state index contributed by atoms with van der Waals surface area (Å²) in [6.07, 6.45) is 1.69. The molecule has 3 aromatic rings. The lowest BCUT2D eigenvalue weighted by Crippen LogP contribution is -2.20. The lowest BCUT2D eigenvalue weighted by molar-refractivity contribution is -0.384. The number of carbonyl (C=O) groups excluding carboxylic acids is 1. The highest BCUT2D eigenvalue weighted by atomic mass is 79.9. The largest absolute Gasteiger partial charge is 0.488 e. The van der Waals surface area contributed by atoms with Crippen LogP contribution in [0.2, 0.25) is 0 Å². The molecule has 0 spiro atoms. The van der Waals surface area contributed by atoms with Gasteiger partial charge < -0.3 is 14.2 Å². The van der Waals surface area contributed by atoms with Gasteiger partial charge in [-0.15, -0.1) is 0 Å². The fraction of sp³-hybridized carbons (Fsp3) is 0.167. The maximum atomic E-state index is 12.2. The van der Waals surface area contributed by atoms with E-state index in [1.54, 1.807) is 36.4 Å². The highest BCUT2D eigenvalue weighted by molar-refractivity contribution is 9.10. The predicted octanol–water partition coefficient (Wildman–Crippen LogP) is 4.40. The molecule has 0 atom stereocenters. The first-order valence-corrected chi connectivity index (χ1v) is 11.1. The number of non-ortho nitro benzene ring substituents is 1. The Kier molecular flexibility index (Phi) is 7.38. The standard InChI is InChI=1S/C24H20BrN3O6/c25-20-11-18(4-7-21(20)34-15-16-1-5-19(6-2-16)28(30)31)14-26-27-24(29)13-17-3-8-22-23(12-17)33-10-9-32-22/h1-8,11-12,14H,9-10,13,15H2,(H,27,29)/b26-14+. The SMILES string of the molecule is O=C(Cc1ccc2c(c1)OCCO2)N/N=C/c1ccc(OCc2ccc([N+](=O)[O-])cc2)c(Br)c1. The van der Waals surface area contributed by atoms with Crippen molar-refractivity contribution in [2.75, 3.05) is 13.2 Å². The molecule has 1 amide bonds. The Labute approximate surface area is 203 Å². The zero-order valence-corrected chi connectivity index (χ0v) is 19.5. The molecule has 4 rings (SSSR count). The summed E-state index contributed by atoms with van der Waals surface area (Å²) in [5.41, 5.74) is 4.92. The normalized spacial score (nSPS) is 12.4. The number of ether oxygens (including phenoxy) is 3. The van der Waals surface area contributed by atoms with Crippen LogP contribution in [0.1, 0.15) is 16.7 Å². The van der Waals surface area contributed by atoms with Crippen molar-refractivity contribution in [1.29, 1.82) is 0 Å². The molecule has 0 fully saturated rings. The summed E-state index contributed by atoms with van der Waals surface area (Å²) in [6, 6.07) is 17.0. The van der Waals surface area contributed by atoms with E-state index in [2.05, 4.69) is 26.5 Å². The minimum Gasteiger partial charge on any atom is -0.488 e. The van der Waals surface area contributed by atoms with E-state index in [4.69, 9.17) is 14.2 Å². The van der Waals surface area contributed by atoms with Crippen LogP contribution in [-0.4, -0.2) is 30.3 Å². The summed E-state index contributed by atoms with van der Waals surface area (Å²) in [5, 5.41) is 14.8. The third kappa shape index (κ3) is 6.10.